The van der Waals surface area contributed by atoms with Crippen LogP contribution in [0.4, 0.5) is 10.1 Å². The van der Waals surface area contributed by atoms with Crippen molar-refractivity contribution < 1.29 is 19.0 Å². The SMILES string of the molecule is CCN(N)/C(=C\N)CN(C)C(CN1CCC(c2cccnc2OCc2ccc(C#N)cc2F)CC1)=Nc1ccc(C(=O)O)cc1. The Balaban J connectivity index is 1.45. The molecular weight excluding hydrogens is 575 g/mol. The lowest BCUT2D eigenvalue weighted by atomic mass is 9.90. The Hall–Kier alpha value is -4.99. The number of hydrogen-bond acceptors (Lipinski definition) is 9. The summed E-state index contributed by atoms with van der Waals surface area (Å²) in [6, 6.07) is 16.6. The molecule has 45 heavy (non-hydrogen) atoms. The highest BCUT2D eigenvalue weighted by molar-refractivity contribution is 5.89. The zero-order valence-corrected chi connectivity index (χ0v) is 25.6. The number of nitrogens with two attached hydrogens (primary N) is 2. The molecule has 0 spiro atoms. The standard InChI is InChI=1S/C33H39FN8O3/c1-3-42(37)28(19-36)20-40(2)31(39-27-10-8-25(9-11-27)33(43)44)21-41-15-12-24(13-16-41)29-5-4-14-38-32(29)45-22-26-7-6-23(18-35)17-30(26)34/h4-11,14,17,19,24H,3,12-13,15-16,20-22,36-37H2,1-2H3,(H,43,44)/b28-19-,39-31?. The van der Waals surface area contributed by atoms with Gasteiger partial charge in [-0.05, 0) is 81.2 Å². The second-order valence-corrected chi connectivity index (χ2v) is 10.8. The monoisotopic (exact) mass is 614 g/mol. The van der Waals surface area contributed by atoms with Crippen molar-refractivity contribution in [1.29, 1.82) is 5.26 Å². The number of carboxylic acid groups (broad SMARTS) is 1. The van der Waals surface area contributed by atoms with Gasteiger partial charge in [0.15, 0.2) is 0 Å². The Morgan fingerprint density at radius 2 is 1.98 bits per heavy atom. The number of carboxylic acids is 1. The molecule has 0 amide bonds. The van der Waals surface area contributed by atoms with Gasteiger partial charge >= 0.3 is 5.97 Å². The van der Waals surface area contributed by atoms with Crippen molar-refractivity contribution in [2.75, 3.05) is 39.8 Å². The largest absolute Gasteiger partial charge is 0.478 e. The molecule has 4 rings (SSSR count). The quantitative estimate of drug-likeness (QED) is 0.117. The predicted molar refractivity (Wildman–Crippen MR) is 170 cm³/mol. The van der Waals surface area contributed by atoms with E-state index in [1.807, 2.05) is 37.1 Å². The Bertz CT molecular complexity index is 1560. The topological polar surface area (TPSA) is 157 Å². The van der Waals surface area contributed by atoms with E-state index in [9.17, 15) is 14.3 Å². The first kappa shape index (κ1) is 32.9. The number of likely N-dealkylation sites (tertiary alicyclic amines) is 1. The van der Waals surface area contributed by atoms with Gasteiger partial charge in [0.25, 0.3) is 0 Å². The Morgan fingerprint density at radius 1 is 1.24 bits per heavy atom. The molecule has 12 heteroatoms. The summed E-state index contributed by atoms with van der Waals surface area (Å²) in [5, 5.41) is 19.9. The summed E-state index contributed by atoms with van der Waals surface area (Å²) >= 11 is 0. The number of carbonyl (C=O) groups is 1. The number of benzene rings is 2. The highest BCUT2D eigenvalue weighted by Crippen LogP contribution is 2.33. The smallest absolute Gasteiger partial charge is 0.335 e. The van der Waals surface area contributed by atoms with E-state index in [2.05, 4.69) is 9.88 Å². The van der Waals surface area contributed by atoms with Crippen LogP contribution in [0.5, 0.6) is 5.88 Å². The van der Waals surface area contributed by atoms with Gasteiger partial charge in [-0.15, -0.1) is 0 Å². The second kappa shape index (κ2) is 15.7. The van der Waals surface area contributed by atoms with Crippen LogP contribution < -0.4 is 16.3 Å². The highest BCUT2D eigenvalue weighted by Gasteiger charge is 2.26. The summed E-state index contributed by atoms with van der Waals surface area (Å²) in [6.07, 6.45) is 4.87. The number of aromatic nitrogens is 1. The normalized spacial score (nSPS) is 14.6. The fraction of sp³-hybridized carbons (Fsp3) is 0.333. The Morgan fingerprint density at radius 3 is 2.60 bits per heavy atom. The van der Waals surface area contributed by atoms with E-state index in [4.69, 9.17) is 26.6 Å². The van der Waals surface area contributed by atoms with Crippen LogP contribution in [0.1, 0.15) is 52.7 Å². The van der Waals surface area contributed by atoms with Crippen LogP contribution in [0.25, 0.3) is 0 Å². The molecule has 1 saturated heterocycles. The predicted octanol–water partition coefficient (Wildman–Crippen LogP) is 4.21. The molecule has 5 N–H and O–H groups in total. The van der Waals surface area contributed by atoms with Crippen molar-refractivity contribution in [2.24, 2.45) is 16.6 Å². The van der Waals surface area contributed by atoms with E-state index in [1.165, 1.54) is 24.4 Å². The minimum atomic E-state index is -0.991. The molecule has 0 aliphatic carbocycles. The van der Waals surface area contributed by atoms with Gasteiger partial charge in [-0.1, -0.05) is 12.1 Å². The van der Waals surface area contributed by atoms with E-state index < -0.39 is 11.8 Å². The van der Waals surface area contributed by atoms with E-state index in [0.29, 0.717) is 36.8 Å². The maximum Gasteiger partial charge on any atom is 0.335 e. The van der Waals surface area contributed by atoms with Crippen molar-refractivity contribution in [2.45, 2.75) is 32.3 Å². The van der Waals surface area contributed by atoms with Gasteiger partial charge < -0.3 is 25.5 Å². The highest BCUT2D eigenvalue weighted by atomic mass is 19.1. The summed E-state index contributed by atoms with van der Waals surface area (Å²) in [5.74, 6) is 6.12. The maximum absolute atomic E-state index is 14.4. The number of nitrogens with zero attached hydrogens (tertiary/aromatic N) is 6. The number of hydrazine groups is 1. The van der Waals surface area contributed by atoms with Crippen LogP contribution in [0.3, 0.4) is 0 Å². The van der Waals surface area contributed by atoms with Crippen LogP contribution in [0.15, 0.2) is 77.7 Å². The van der Waals surface area contributed by atoms with Crippen molar-refractivity contribution in [3.8, 4) is 11.9 Å². The van der Waals surface area contributed by atoms with E-state index in [1.54, 1.807) is 35.5 Å². The fourth-order valence-electron chi connectivity index (χ4n) is 5.16. The van der Waals surface area contributed by atoms with Crippen molar-refractivity contribution in [3.05, 3.63) is 101 Å². The zero-order chi connectivity index (χ0) is 32.3. The number of hydrogen-bond donors (Lipinski definition) is 3. The molecule has 1 aromatic heterocycles. The molecule has 1 aliphatic heterocycles. The average molecular weight is 615 g/mol. The Kier molecular flexibility index (Phi) is 11.4. The van der Waals surface area contributed by atoms with Crippen molar-refractivity contribution in [1.82, 2.24) is 19.8 Å². The summed E-state index contributed by atoms with van der Waals surface area (Å²) in [7, 11) is 1.93. The molecule has 236 valence electrons. The van der Waals surface area contributed by atoms with E-state index in [-0.39, 0.29) is 23.7 Å². The number of rotatable bonds is 12. The van der Waals surface area contributed by atoms with Gasteiger partial charge in [-0.2, -0.15) is 5.26 Å². The maximum atomic E-state index is 14.4. The second-order valence-electron chi connectivity index (χ2n) is 10.8. The van der Waals surface area contributed by atoms with E-state index in [0.717, 1.165) is 43.0 Å². The molecule has 11 nitrogen and oxygen atoms in total. The van der Waals surface area contributed by atoms with Gasteiger partial charge in [-0.3, -0.25) is 4.90 Å². The van der Waals surface area contributed by atoms with Crippen LogP contribution in [0, 0.1) is 17.1 Å². The van der Waals surface area contributed by atoms with Gasteiger partial charge in [0, 0.05) is 37.1 Å². The first-order valence-corrected chi connectivity index (χ1v) is 14.8. The number of halogens is 1. The minimum Gasteiger partial charge on any atom is -0.478 e. The lowest BCUT2D eigenvalue weighted by Crippen LogP contribution is -2.44. The Labute approximate surface area is 262 Å². The average Bonchev–Trinajstić information content (AvgIpc) is 3.06. The number of ether oxygens (including phenoxy) is 1. The zero-order valence-electron chi connectivity index (χ0n) is 25.6. The first-order chi connectivity index (χ1) is 21.7. The molecule has 2 heterocycles. The molecule has 1 fully saturated rings. The van der Waals surface area contributed by atoms with Crippen molar-refractivity contribution >= 4 is 17.5 Å². The molecule has 0 radical (unpaired) electrons. The number of piperidine rings is 1. The minimum absolute atomic E-state index is 0.0114. The number of aliphatic imine (C=N–C) groups is 1. The first-order valence-electron chi connectivity index (χ1n) is 14.8. The van der Waals surface area contributed by atoms with E-state index >= 15 is 0 Å². The van der Waals surface area contributed by atoms with Gasteiger partial charge in [0.05, 0.1) is 41.7 Å². The van der Waals surface area contributed by atoms with Crippen LogP contribution in [-0.2, 0) is 6.61 Å². The molecule has 0 unspecified atom stereocenters. The number of likely N-dealkylation sites (N-methyl/N-ethyl adjacent to an activating group) is 2. The molecule has 0 saturated carbocycles. The summed E-state index contributed by atoms with van der Waals surface area (Å²) < 4.78 is 20.4. The third-order valence-electron chi connectivity index (χ3n) is 7.85. The fourth-order valence-corrected chi connectivity index (χ4v) is 5.16. The molecule has 2 aromatic carbocycles. The molecule has 1 aliphatic rings. The number of nitriles is 1. The molecule has 3 aromatic rings. The number of amidine groups is 1. The van der Waals surface area contributed by atoms with Gasteiger partial charge in [0.2, 0.25) is 5.88 Å². The van der Waals surface area contributed by atoms with Gasteiger partial charge in [-0.25, -0.2) is 25.0 Å². The lowest BCUT2D eigenvalue weighted by Gasteiger charge is -2.35. The summed E-state index contributed by atoms with van der Waals surface area (Å²) in [5.41, 5.74) is 9.06. The third kappa shape index (κ3) is 8.78. The summed E-state index contributed by atoms with van der Waals surface area (Å²) in [6.45, 7) is 5.15. The molecular formula is C33H39FN8O3. The van der Waals surface area contributed by atoms with Crippen LogP contribution >= 0.6 is 0 Å². The van der Waals surface area contributed by atoms with Crippen molar-refractivity contribution in [3.63, 3.8) is 0 Å². The number of pyridine rings is 1. The van der Waals surface area contributed by atoms with Crippen LogP contribution in [0.2, 0.25) is 0 Å². The van der Waals surface area contributed by atoms with Crippen LogP contribution in [-0.4, -0.2) is 76.5 Å². The third-order valence-corrected chi connectivity index (χ3v) is 7.85. The number of aromatic carboxylic acids is 1. The summed E-state index contributed by atoms with van der Waals surface area (Å²) in [4.78, 5) is 25.0. The molecule has 0 atom stereocenters. The molecule has 0 bridgehead atoms. The lowest BCUT2D eigenvalue weighted by molar-refractivity contribution is 0.0697. The van der Waals surface area contributed by atoms with Gasteiger partial charge in [0.1, 0.15) is 18.3 Å².